The van der Waals surface area contributed by atoms with E-state index in [9.17, 15) is 14.7 Å². The van der Waals surface area contributed by atoms with Crippen molar-refractivity contribution in [1.82, 2.24) is 10.2 Å². The van der Waals surface area contributed by atoms with E-state index in [1.54, 1.807) is 24.8 Å². The van der Waals surface area contributed by atoms with Gasteiger partial charge in [-0.1, -0.05) is 30.9 Å². The van der Waals surface area contributed by atoms with Crippen molar-refractivity contribution in [2.75, 3.05) is 7.11 Å². The Balaban J connectivity index is 1.69. The number of ether oxygens (including phenoxy) is 2. The molecule has 1 fully saturated rings. The predicted octanol–water partition coefficient (Wildman–Crippen LogP) is 2.21. The zero-order valence-corrected chi connectivity index (χ0v) is 16.6. The third-order valence-corrected chi connectivity index (χ3v) is 5.29. The normalized spacial score (nSPS) is 24.0. The first-order chi connectivity index (χ1) is 13.2. The summed E-state index contributed by atoms with van der Waals surface area (Å²) in [4.78, 5) is 26.4. The van der Waals surface area contributed by atoms with Crippen molar-refractivity contribution in [1.29, 1.82) is 0 Å². The average Bonchev–Trinajstić information content (AvgIpc) is 3.23. The molecule has 0 spiro atoms. The number of nitrogens with one attached hydrogen (secondary N) is 1. The third-order valence-electron chi connectivity index (χ3n) is 5.29. The summed E-state index contributed by atoms with van der Waals surface area (Å²) in [5.74, 6) is -0.400. The van der Waals surface area contributed by atoms with E-state index in [1.165, 1.54) is 7.11 Å². The molecule has 7 heteroatoms. The summed E-state index contributed by atoms with van der Waals surface area (Å²) in [6, 6.07) is 5.03. The van der Waals surface area contributed by atoms with Crippen molar-refractivity contribution in [3.63, 3.8) is 0 Å². The lowest BCUT2D eigenvalue weighted by molar-refractivity contribution is -0.142. The molecule has 7 nitrogen and oxygen atoms in total. The van der Waals surface area contributed by atoms with Crippen LogP contribution < -0.4 is 5.32 Å². The van der Waals surface area contributed by atoms with Crippen molar-refractivity contribution in [2.45, 2.75) is 63.6 Å². The van der Waals surface area contributed by atoms with E-state index < -0.39 is 29.8 Å². The molecule has 2 N–H and O–H groups in total. The number of esters is 1. The van der Waals surface area contributed by atoms with Crippen molar-refractivity contribution in [3.05, 3.63) is 41.5 Å². The van der Waals surface area contributed by atoms with E-state index >= 15 is 0 Å². The monoisotopic (exact) mass is 388 g/mol. The number of carbonyl (C=O) groups is 2. The third kappa shape index (κ3) is 4.36. The second-order valence-corrected chi connectivity index (χ2v) is 8.07. The standard InChI is InChI=1S/C21H28N2O5/c1-5-13-7-6-8-14-11-23(12-15(13)14)20(25)28-18-9-16(19(24)27-4)22-17(18)10-21(2,3)26/h5-8,16-18,22,26H,1,9-12H2,2-4H3/t16-,17?,18+/m0/s1. The Morgan fingerprint density at radius 2 is 2.14 bits per heavy atom. The molecule has 28 heavy (non-hydrogen) atoms. The lowest BCUT2D eigenvalue weighted by Gasteiger charge is -2.27. The first kappa shape index (κ1) is 20.4. The fourth-order valence-corrected chi connectivity index (χ4v) is 3.97. The van der Waals surface area contributed by atoms with Gasteiger partial charge >= 0.3 is 12.1 Å². The molecule has 0 radical (unpaired) electrons. The minimum absolute atomic E-state index is 0.317. The molecule has 3 rings (SSSR count). The zero-order chi connectivity index (χ0) is 20.5. The number of methoxy groups -OCH3 is 1. The average molecular weight is 388 g/mol. The summed E-state index contributed by atoms with van der Waals surface area (Å²) in [5.41, 5.74) is 2.22. The fourth-order valence-electron chi connectivity index (χ4n) is 3.97. The summed E-state index contributed by atoms with van der Waals surface area (Å²) in [7, 11) is 1.33. The Kier molecular flexibility index (Phi) is 5.76. The minimum Gasteiger partial charge on any atom is -0.468 e. The van der Waals surface area contributed by atoms with Gasteiger partial charge in [-0.2, -0.15) is 0 Å². The lowest BCUT2D eigenvalue weighted by atomic mass is 9.96. The van der Waals surface area contributed by atoms with Gasteiger partial charge in [-0.05, 0) is 37.0 Å². The van der Waals surface area contributed by atoms with E-state index in [1.807, 2.05) is 18.2 Å². The van der Waals surface area contributed by atoms with Gasteiger partial charge in [0.25, 0.3) is 0 Å². The molecular weight excluding hydrogens is 360 g/mol. The highest BCUT2D eigenvalue weighted by Crippen LogP contribution is 2.29. The Morgan fingerprint density at radius 3 is 2.79 bits per heavy atom. The number of rotatable bonds is 5. The topological polar surface area (TPSA) is 88.1 Å². The molecule has 1 amide bonds. The summed E-state index contributed by atoms with van der Waals surface area (Å²) in [6.45, 7) is 8.15. The fraction of sp³-hybridized carbons (Fsp3) is 0.524. The molecule has 1 aromatic rings. The van der Waals surface area contributed by atoms with Crippen molar-refractivity contribution in [3.8, 4) is 0 Å². The Labute approximate surface area is 165 Å². The second-order valence-electron chi connectivity index (χ2n) is 8.07. The Bertz CT molecular complexity index is 771. The molecule has 0 saturated carbocycles. The van der Waals surface area contributed by atoms with Crippen molar-refractivity contribution < 1.29 is 24.2 Å². The van der Waals surface area contributed by atoms with Gasteiger partial charge in [0.1, 0.15) is 12.1 Å². The molecule has 0 aromatic heterocycles. The van der Waals surface area contributed by atoms with Gasteiger partial charge in [-0.25, -0.2) is 4.79 Å². The van der Waals surface area contributed by atoms with Gasteiger partial charge in [-0.15, -0.1) is 0 Å². The van der Waals surface area contributed by atoms with E-state index in [-0.39, 0.29) is 6.04 Å². The highest BCUT2D eigenvalue weighted by molar-refractivity contribution is 5.76. The van der Waals surface area contributed by atoms with E-state index in [0.29, 0.717) is 25.9 Å². The number of hydrogen-bond acceptors (Lipinski definition) is 6. The predicted molar refractivity (Wildman–Crippen MR) is 104 cm³/mol. The van der Waals surface area contributed by atoms with Crippen LogP contribution >= 0.6 is 0 Å². The van der Waals surface area contributed by atoms with Crippen LogP contribution in [0.1, 0.15) is 43.4 Å². The molecular formula is C21H28N2O5. The van der Waals surface area contributed by atoms with Crippen LogP contribution in [-0.4, -0.2) is 53.0 Å². The summed E-state index contributed by atoms with van der Waals surface area (Å²) < 4.78 is 10.6. The molecule has 2 heterocycles. The maximum atomic E-state index is 12.8. The van der Waals surface area contributed by atoms with Gasteiger partial charge in [0.05, 0.1) is 19.3 Å². The largest absolute Gasteiger partial charge is 0.468 e. The van der Waals surface area contributed by atoms with Crippen LogP contribution in [0.3, 0.4) is 0 Å². The van der Waals surface area contributed by atoms with Crippen LogP contribution in [0, 0.1) is 0 Å². The van der Waals surface area contributed by atoms with Crippen LogP contribution in [0.2, 0.25) is 0 Å². The number of aliphatic hydroxyl groups is 1. The molecule has 0 bridgehead atoms. The zero-order valence-electron chi connectivity index (χ0n) is 16.6. The van der Waals surface area contributed by atoms with E-state index in [0.717, 1.165) is 16.7 Å². The van der Waals surface area contributed by atoms with Crippen LogP contribution in [-0.2, 0) is 27.4 Å². The molecule has 1 aromatic carbocycles. The molecule has 152 valence electrons. The van der Waals surface area contributed by atoms with Gasteiger partial charge in [0.15, 0.2) is 0 Å². The van der Waals surface area contributed by atoms with Crippen LogP contribution in [0.5, 0.6) is 0 Å². The molecule has 1 saturated heterocycles. The summed E-state index contributed by atoms with van der Waals surface area (Å²) in [5, 5.41) is 13.3. The van der Waals surface area contributed by atoms with Gasteiger partial charge in [0, 0.05) is 19.0 Å². The number of fused-ring (bicyclic) bond motifs is 1. The Hall–Kier alpha value is -2.38. The quantitative estimate of drug-likeness (QED) is 0.752. The smallest absolute Gasteiger partial charge is 0.410 e. The molecule has 1 unspecified atom stereocenters. The van der Waals surface area contributed by atoms with Crippen molar-refractivity contribution in [2.24, 2.45) is 0 Å². The summed E-state index contributed by atoms with van der Waals surface area (Å²) in [6.07, 6.45) is 1.50. The molecule has 2 aliphatic heterocycles. The van der Waals surface area contributed by atoms with E-state index in [4.69, 9.17) is 9.47 Å². The molecule has 2 aliphatic rings. The number of amides is 1. The SMILES string of the molecule is C=Cc1cccc2c1CN(C(=O)O[C@@H]1C[C@@H](C(=O)OC)NC1CC(C)(C)O)C2. The molecule has 3 atom stereocenters. The maximum Gasteiger partial charge on any atom is 0.410 e. The number of carbonyl (C=O) groups excluding carboxylic acids is 2. The number of nitrogens with zero attached hydrogens (tertiary/aromatic N) is 1. The highest BCUT2D eigenvalue weighted by Gasteiger charge is 2.43. The Morgan fingerprint density at radius 1 is 1.39 bits per heavy atom. The lowest BCUT2D eigenvalue weighted by Crippen LogP contribution is -2.43. The maximum absolute atomic E-state index is 12.8. The van der Waals surface area contributed by atoms with Crippen molar-refractivity contribution >= 4 is 18.1 Å². The van der Waals surface area contributed by atoms with Crippen LogP contribution in [0.15, 0.2) is 24.8 Å². The first-order valence-corrected chi connectivity index (χ1v) is 9.47. The minimum atomic E-state index is -0.962. The summed E-state index contributed by atoms with van der Waals surface area (Å²) >= 11 is 0. The van der Waals surface area contributed by atoms with E-state index in [2.05, 4.69) is 11.9 Å². The van der Waals surface area contributed by atoms with Gasteiger partial charge in [0.2, 0.25) is 0 Å². The van der Waals surface area contributed by atoms with Crippen LogP contribution in [0.4, 0.5) is 4.79 Å². The molecule has 0 aliphatic carbocycles. The number of benzene rings is 1. The number of hydrogen-bond donors (Lipinski definition) is 2. The van der Waals surface area contributed by atoms with Gasteiger partial charge in [-0.3, -0.25) is 15.0 Å². The first-order valence-electron chi connectivity index (χ1n) is 9.47. The second kappa shape index (κ2) is 7.93. The highest BCUT2D eigenvalue weighted by atomic mass is 16.6. The van der Waals surface area contributed by atoms with Gasteiger partial charge < -0.3 is 14.6 Å². The van der Waals surface area contributed by atoms with Crippen LogP contribution in [0.25, 0.3) is 6.08 Å².